The fourth-order valence-corrected chi connectivity index (χ4v) is 4.78. The first-order valence-electron chi connectivity index (χ1n) is 8.91. The smallest absolute Gasteiger partial charge is 0.326 e. The minimum Gasteiger partial charge on any atom is -0.506 e. The molecule has 1 aliphatic carbocycles. The number of benzene rings is 1. The van der Waals surface area contributed by atoms with Crippen LogP contribution in [0.1, 0.15) is 36.0 Å². The molecule has 3 N–H and O–H groups in total. The summed E-state index contributed by atoms with van der Waals surface area (Å²) in [5.41, 5.74) is -0.786. The van der Waals surface area contributed by atoms with Gasteiger partial charge in [0.25, 0.3) is 11.8 Å². The summed E-state index contributed by atoms with van der Waals surface area (Å²) < 4.78 is 40.4. The minimum absolute atomic E-state index is 0.0469. The van der Waals surface area contributed by atoms with Gasteiger partial charge in [0, 0.05) is 17.6 Å². The molecule has 0 atom stereocenters. The van der Waals surface area contributed by atoms with Crippen LogP contribution in [0.5, 0.6) is 5.75 Å². The third kappa shape index (κ3) is 4.04. The molecule has 1 aliphatic heterocycles. The van der Waals surface area contributed by atoms with E-state index in [9.17, 15) is 27.5 Å². The van der Waals surface area contributed by atoms with Crippen LogP contribution in [-0.4, -0.2) is 63.0 Å². The predicted molar refractivity (Wildman–Crippen MR) is 99.7 cm³/mol. The van der Waals surface area contributed by atoms with E-state index in [-0.39, 0.29) is 11.6 Å². The van der Waals surface area contributed by atoms with Crippen molar-refractivity contribution in [2.24, 2.45) is 0 Å². The van der Waals surface area contributed by atoms with Crippen molar-refractivity contribution in [1.29, 1.82) is 0 Å². The van der Waals surface area contributed by atoms with Gasteiger partial charge in [-0.3, -0.25) is 9.59 Å². The largest absolute Gasteiger partial charge is 0.506 e. The third-order valence-corrected chi connectivity index (χ3v) is 6.51. The number of carbonyl (C=O) groups is 2. The first-order chi connectivity index (χ1) is 13.1. The Labute approximate surface area is 162 Å². The zero-order valence-electron chi connectivity index (χ0n) is 15.6. The summed E-state index contributed by atoms with van der Waals surface area (Å²) in [6.45, 7) is -0.645. The molecule has 1 aromatic rings. The third-order valence-electron chi connectivity index (χ3n) is 5.14. The molecule has 1 saturated carbocycles. The maximum absolute atomic E-state index is 14.5. The van der Waals surface area contributed by atoms with Gasteiger partial charge in [-0.25, -0.2) is 13.4 Å². The average Bonchev–Trinajstić information content (AvgIpc) is 2.86. The zero-order valence-corrected chi connectivity index (χ0v) is 16.4. The lowest BCUT2D eigenvalue weighted by Gasteiger charge is -2.33. The number of halogens is 1. The Morgan fingerprint density at radius 1 is 1.29 bits per heavy atom. The quantitative estimate of drug-likeness (QED) is 0.653. The zero-order chi connectivity index (χ0) is 20.6. The molecule has 1 aromatic carbocycles. The number of carbonyl (C=O) groups excluding carboxylic acids is 2. The van der Waals surface area contributed by atoms with E-state index >= 15 is 0 Å². The van der Waals surface area contributed by atoms with Crippen molar-refractivity contribution in [1.82, 2.24) is 14.9 Å². The predicted octanol–water partition coefficient (Wildman–Crippen LogP) is 0.315. The number of amides is 2. The Hall–Kier alpha value is -2.40. The second-order valence-corrected chi connectivity index (χ2v) is 8.90. The highest BCUT2D eigenvalue weighted by Gasteiger charge is 2.37. The lowest BCUT2D eigenvalue weighted by Crippen LogP contribution is -2.41. The van der Waals surface area contributed by atoms with E-state index in [0.29, 0.717) is 10.3 Å². The lowest BCUT2D eigenvalue weighted by molar-refractivity contribution is -0.117. The lowest BCUT2D eigenvalue weighted by atomic mass is 9.90. The molecule has 0 aromatic heterocycles. The fraction of sp³-hybridized carbons (Fsp3) is 0.529. The van der Waals surface area contributed by atoms with Gasteiger partial charge in [-0.1, -0.05) is 0 Å². The van der Waals surface area contributed by atoms with Gasteiger partial charge in [-0.15, -0.1) is 0 Å². The van der Waals surface area contributed by atoms with Gasteiger partial charge in [-0.2, -0.15) is 8.42 Å². The molecule has 0 radical (unpaired) electrons. The Balaban J connectivity index is 1.74. The Bertz CT molecular complexity index is 874. The number of hydrogen-bond acceptors (Lipinski definition) is 6. The number of rotatable bonds is 4. The van der Waals surface area contributed by atoms with Gasteiger partial charge in [0.2, 0.25) is 0 Å². The van der Waals surface area contributed by atoms with Gasteiger partial charge in [-0.05, 0) is 51.9 Å². The number of hydrogen-bond donors (Lipinski definition) is 3. The molecule has 1 heterocycles. The highest BCUT2D eigenvalue weighted by atomic mass is 32.2. The van der Waals surface area contributed by atoms with Crippen LogP contribution >= 0.6 is 0 Å². The molecule has 154 valence electrons. The van der Waals surface area contributed by atoms with Crippen molar-refractivity contribution in [3.63, 3.8) is 0 Å². The van der Waals surface area contributed by atoms with E-state index < -0.39 is 45.8 Å². The molecule has 28 heavy (non-hydrogen) atoms. The summed E-state index contributed by atoms with van der Waals surface area (Å²) in [6, 6.07) is 2.27. The molecule has 0 spiro atoms. The highest BCUT2D eigenvalue weighted by Crippen LogP contribution is 2.34. The van der Waals surface area contributed by atoms with Gasteiger partial charge < -0.3 is 15.3 Å². The van der Waals surface area contributed by atoms with Crippen molar-refractivity contribution < 1.29 is 27.5 Å². The fourth-order valence-electron chi connectivity index (χ4n) is 3.61. The van der Waals surface area contributed by atoms with E-state index in [1.54, 1.807) is 4.72 Å². The van der Waals surface area contributed by atoms with Gasteiger partial charge >= 0.3 is 10.2 Å². The standard InChI is InChI=1S/C17H23FN4O5S/c1-21(2)12-5-3-11(4-6-12)19-17(25)10-7-13(18)16(14(23)8-10)22-9-15(24)20-28(22,26)27/h7-8,11-12,23H,3-6,9H2,1-2H3,(H,19,25)(H,20,24). The number of anilines is 1. The van der Waals surface area contributed by atoms with Crippen LogP contribution < -0.4 is 14.3 Å². The molecule has 9 nitrogen and oxygen atoms in total. The second-order valence-electron chi connectivity index (χ2n) is 7.31. The molecule has 1 saturated heterocycles. The maximum atomic E-state index is 14.5. The van der Waals surface area contributed by atoms with E-state index in [2.05, 4.69) is 10.2 Å². The number of nitrogens with zero attached hydrogens (tertiary/aromatic N) is 2. The van der Waals surface area contributed by atoms with Crippen LogP contribution in [0, 0.1) is 5.82 Å². The van der Waals surface area contributed by atoms with Crippen molar-refractivity contribution in [2.75, 3.05) is 24.9 Å². The summed E-state index contributed by atoms with van der Waals surface area (Å²) in [5.74, 6) is -3.23. The van der Waals surface area contributed by atoms with E-state index in [4.69, 9.17) is 0 Å². The summed E-state index contributed by atoms with van der Waals surface area (Å²) in [6.07, 6.45) is 3.45. The van der Waals surface area contributed by atoms with Crippen LogP contribution in [-0.2, 0) is 15.0 Å². The number of phenols is 1. The first kappa shape index (κ1) is 20.3. The summed E-state index contributed by atoms with van der Waals surface area (Å²) in [5, 5.41) is 13.0. The Kier molecular flexibility index (Phi) is 5.48. The summed E-state index contributed by atoms with van der Waals surface area (Å²) in [4.78, 5) is 25.9. The molecule has 0 bridgehead atoms. The second kappa shape index (κ2) is 7.55. The topological polar surface area (TPSA) is 119 Å². The van der Waals surface area contributed by atoms with E-state index in [1.165, 1.54) is 0 Å². The average molecular weight is 414 g/mol. The molecular formula is C17H23FN4O5S. The van der Waals surface area contributed by atoms with Gasteiger partial charge in [0.1, 0.15) is 18.0 Å². The Morgan fingerprint density at radius 2 is 1.93 bits per heavy atom. The molecule has 3 rings (SSSR count). The van der Waals surface area contributed by atoms with Gasteiger partial charge in [0.15, 0.2) is 5.82 Å². The van der Waals surface area contributed by atoms with Crippen LogP contribution in [0.2, 0.25) is 0 Å². The molecule has 2 aliphatic rings. The summed E-state index contributed by atoms with van der Waals surface area (Å²) >= 11 is 0. The molecule has 11 heteroatoms. The van der Waals surface area contributed by atoms with Crippen molar-refractivity contribution in [2.45, 2.75) is 37.8 Å². The minimum atomic E-state index is -4.27. The van der Waals surface area contributed by atoms with Crippen LogP contribution in [0.4, 0.5) is 10.1 Å². The monoisotopic (exact) mass is 414 g/mol. The molecule has 2 fully saturated rings. The maximum Gasteiger partial charge on any atom is 0.326 e. The van der Waals surface area contributed by atoms with Crippen LogP contribution in [0.3, 0.4) is 0 Å². The molecule has 2 amide bonds. The highest BCUT2D eigenvalue weighted by molar-refractivity contribution is 7.92. The first-order valence-corrected chi connectivity index (χ1v) is 10.4. The number of aromatic hydroxyl groups is 1. The van der Waals surface area contributed by atoms with Gasteiger partial charge in [0.05, 0.1) is 0 Å². The van der Waals surface area contributed by atoms with Crippen LogP contribution in [0.15, 0.2) is 12.1 Å². The van der Waals surface area contributed by atoms with E-state index in [0.717, 1.165) is 37.8 Å². The van der Waals surface area contributed by atoms with Crippen molar-refractivity contribution in [3.8, 4) is 5.75 Å². The number of nitrogens with one attached hydrogen (secondary N) is 2. The number of phenolic OH excluding ortho intramolecular Hbond substituents is 1. The summed E-state index contributed by atoms with van der Waals surface area (Å²) in [7, 11) is -0.245. The molecule has 0 unspecified atom stereocenters. The molecular weight excluding hydrogens is 391 g/mol. The normalized spacial score (nSPS) is 24.3. The van der Waals surface area contributed by atoms with E-state index in [1.807, 2.05) is 14.1 Å². The van der Waals surface area contributed by atoms with Crippen molar-refractivity contribution in [3.05, 3.63) is 23.5 Å². The van der Waals surface area contributed by atoms with Crippen LogP contribution in [0.25, 0.3) is 0 Å². The Morgan fingerprint density at radius 3 is 2.43 bits per heavy atom. The van der Waals surface area contributed by atoms with Crippen molar-refractivity contribution >= 4 is 27.7 Å². The SMILES string of the molecule is CN(C)C1CCC(NC(=O)c2cc(O)c(N3CC(=O)NS3(=O)=O)c(F)c2)CC1.